The van der Waals surface area contributed by atoms with Crippen LogP contribution in [0, 0.1) is 0 Å². The number of nitrogens with one attached hydrogen (secondary N) is 1. The minimum absolute atomic E-state index is 0.0390. The summed E-state index contributed by atoms with van der Waals surface area (Å²) in [6.45, 7) is 2.30. The van der Waals surface area contributed by atoms with E-state index in [1.807, 2.05) is 49.4 Å². The highest BCUT2D eigenvalue weighted by molar-refractivity contribution is 7.93. The summed E-state index contributed by atoms with van der Waals surface area (Å²) < 4.78 is 27.4. The van der Waals surface area contributed by atoms with Gasteiger partial charge in [0.15, 0.2) is 0 Å². The Kier molecular flexibility index (Phi) is 5.77. The second kappa shape index (κ2) is 8.48. The van der Waals surface area contributed by atoms with E-state index in [9.17, 15) is 13.2 Å². The van der Waals surface area contributed by atoms with Gasteiger partial charge >= 0.3 is 0 Å². The first-order valence-corrected chi connectivity index (χ1v) is 11.8. The van der Waals surface area contributed by atoms with Crippen molar-refractivity contribution in [3.63, 3.8) is 0 Å². The number of carbonyl (C=O) groups is 1. The lowest BCUT2D eigenvalue weighted by atomic mass is 10.1. The van der Waals surface area contributed by atoms with Crippen LogP contribution in [-0.2, 0) is 21.2 Å². The number of nitrogens with zero attached hydrogens (tertiary/aromatic N) is 1. The standard InChI is InChI=1S/C24H26N2O3S/c1-18(15-16-19-8-3-2-4-9-19)25-23(27)14-7-17-26-21-12-5-10-20-11-6-13-22(24(20)21)30(26,28)29/h2-6,8-13,18H,7,14-17H2,1H3,(H,25,27)/t18-/m1/s1. The molecule has 1 aliphatic rings. The number of rotatable bonds is 8. The van der Waals surface area contributed by atoms with E-state index in [4.69, 9.17) is 0 Å². The summed E-state index contributed by atoms with van der Waals surface area (Å²) in [6.07, 6.45) is 2.55. The Morgan fingerprint density at radius 2 is 1.73 bits per heavy atom. The average Bonchev–Trinajstić information content (AvgIpc) is 2.96. The maximum Gasteiger partial charge on any atom is 0.265 e. The molecule has 1 aliphatic heterocycles. The molecular weight excluding hydrogens is 396 g/mol. The van der Waals surface area contributed by atoms with Gasteiger partial charge in [0.05, 0.1) is 10.6 Å². The summed E-state index contributed by atoms with van der Waals surface area (Å²) in [5.74, 6) is -0.0390. The molecule has 3 aromatic rings. The first-order valence-electron chi connectivity index (χ1n) is 10.3. The molecule has 0 aromatic heterocycles. The van der Waals surface area contributed by atoms with Gasteiger partial charge in [-0.25, -0.2) is 8.42 Å². The minimum atomic E-state index is -3.56. The monoisotopic (exact) mass is 422 g/mol. The summed E-state index contributed by atoms with van der Waals surface area (Å²) in [5, 5.41) is 4.72. The predicted octanol–water partition coefficient (Wildman–Crippen LogP) is 4.27. The molecule has 0 saturated heterocycles. The van der Waals surface area contributed by atoms with E-state index < -0.39 is 10.0 Å². The fourth-order valence-corrected chi connectivity index (χ4v) is 5.78. The molecule has 3 aromatic carbocycles. The van der Waals surface area contributed by atoms with Crippen LogP contribution in [0.3, 0.4) is 0 Å². The minimum Gasteiger partial charge on any atom is -0.354 e. The van der Waals surface area contributed by atoms with Gasteiger partial charge in [0.2, 0.25) is 5.91 Å². The zero-order chi connectivity index (χ0) is 21.1. The molecule has 4 rings (SSSR count). The number of aryl methyl sites for hydroxylation is 1. The van der Waals surface area contributed by atoms with Crippen LogP contribution < -0.4 is 9.62 Å². The number of sulfonamides is 1. The van der Waals surface area contributed by atoms with Crippen LogP contribution in [0.5, 0.6) is 0 Å². The molecule has 0 saturated carbocycles. The molecule has 5 nitrogen and oxygen atoms in total. The fourth-order valence-electron chi connectivity index (χ4n) is 4.03. The van der Waals surface area contributed by atoms with Gasteiger partial charge in [0.25, 0.3) is 10.0 Å². The van der Waals surface area contributed by atoms with Crippen LogP contribution in [-0.4, -0.2) is 26.9 Å². The van der Waals surface area contributed by atoms with Gasteiger partial charge in [-0.3, -0.25) is 9.10 Å². The van der Waals surface area contributed by atoms with Gasteiger partial charge in [-0.2, -0.15) is 0 Å². The molecule has 0 spiro atoms. The highest BCUT2D eigenvalue weighted by Gasteiger charge is 2.35. The largest absolute Gasteiger partial charge is 0.354 e. The third kappa shape index (κ3) is 4.05. The van der Waals surface area contributed by atoms with E-state index in [-0.39, 0.29) is 11.9 Å². The molecule has 0 fully saturated rings. The molecule has 1 N–H and O–H groups in total. The van der Waals surface area contributed by atoms with Crippen LogP contribution in [0.25, 0.3) is 10.8 Å². The van der Waals surface area contributed by atoms with Crippen molar-refractivity contribution in [2.24, 2.45) is 0 Å². The van der Waals surface area contributed by atoms with Gasteiger partial charge in [-0.1, -0.05) is 54.6 Å². The van der Waals surface area contributed by atoms with Crippen LogP contribution in [0.1, 0.15) is 31.7 Å². The number of hydrogen-bond donors (Lipinski definition) is 1. The van der Waals surface area contributed by atoms with Crippen LogP contribution in [0.4, 0.5) is 5.69 Å². The Hall–Kier alpha value is -2.86. The summed E-state index contributed by atoms with van der Waals surface area (Å²) in [5.41, 5.74) is 1.96. The quantitative estimate of drug-likeness (QED) is 0.590. The maximum absolute atomic E-state index is 13.0. The van der Waals surface area contributed by atoms with E-state index in [1.54, 1.807) is 12.1 Å². The summed E-state index contributed by atoms with van der Waals surface area (Å²) in [7, 11) is -3.56. The van der Waals surface area contributed by atoms with Crippen molar-refractivity contribution in [3.8, 4) is 0 Å². The summed E-state index contributed by atoms with van der Waals surface area (Å²) >= 11 is 0. The molecule has 6 heteroatoms. The molecule has 0 radical (unpaired) electrons. The number of benzene rings is 3. The maximum atomic E-state index is 13.0. The van der Waals surface area contributed by atoms with Gasteiger partial charge in [-0.15, -0.1) is 0 Å². The van der Waals surface area contributed by atoms with Gasteiger partial charge in [-0.05, 0) is 49.3 Å². The van der Waals surface area contributed by atoms with E-state index >= 15 is 0 Å². The van der Waals surface area contributed by atoms with E-state index in [1.165, 1.54) is 9.87 Å². The SMILES string of the molecule is C[C@H](CCc1ccccc1)NC(=O)CCCN1c2cccc3cccc(c23)S1(=O)=O. The lowest BCUT2D eigenvalue weighted by Crippen LogP contribution is -2.34. The lowest BCUT2D eigenvalue weighted by molar-refractivity contribution is -0.121. The topological polar surface area (TPSA) is 66.5 Å². The zero-order valence-electron chi connectivity index (χ0n) is 17.0. The number of hydrogen-bond acceptors (Lipinski definition) is 3. The Bertz CT molecular complexity index is 1150. The first-order chi connectivity index (χ1) is 14.5. The number of amides is 1. The molecule has 0 bridgehead atoms. The fraction of sp³-hybridized carbons (Fsp3) is 0.292. The Morgan fingerprint density at radius 3 is 2.50 bits per heavy atom. The van der Waals surface area contributed by atoms with Gasteiger partial charge in [0.1, 0.15) is 0 Å². The van der Waals surface area contributed by atoms with Crippen LogP contribution in [0.2, 0.25) is 0 Å². The smallest absolute Gasteiger partial charge is 0.265 e. The molecule has 1 atom stereocenters. The van der Waals surface area contributed by atoms with E-state index in [2.05, 4.69) is 17.4 Å². The summed E-state index contributed by atoms with van der Waals surface area (Å²) in [6, 6.07) is 21.3. The average molecular weight is 423 g/mol. The first kappa shape index (κ1) is 20.4. The molecule has 0 unspecified atom stereocenters. The highest BCUT2D eigenvalue weighted by Crippen LogP contribution is 2.41. The van der Waals surface area contributed by atoms with Crippen molar-refractivity contribution < 1.29 is 13.2 Å². The molecule has 0 aliphatic carbocycles. The molecule has 30 heavy (non-hydrogen) atoms. The summed E-state index contributed by atoms with van der Waals surface area (Å²) in [4.78, 5) is 12.7. The molecule has 1 heterocycles. The Balaban J connectivity index is 1.31. The van der Waals surface area contributed by atoms with E-state index in [0.717, 1.165) is 23.6 Å². The molecule has 1 amide bonds. The Morgan fingerprint density at radius 1 is 1.00 bits per heavy atom. The molecule has 156 valence electrons. The van der Waals surface area contributed by atoms with Crippen LogP contribution >= 0.6 is 0 Å². The molecular formula is C24H26N2O3S. The van der Waals surface area contributed by atoms with Crippen LogP contribution in [0.15, 0.2) is 71.6 Å². The third-order valence-corrected chi connectivity index (χ3v) is 7.42. The second-order valence-electron chi connectivity index (χ2n) is 7.80. The second-order valence-corrected chi connectivity index (χ2v) is 9.64. The number of carbonyl (C=O) groups excluding carboxylic acids is 1. The van der Waals surface area contributed by atoms with Crippen molar-refractivity contribution >= 4 is 32.4 Å². The van der Waals surface area contributed by atoms with Crippen molar-refractivity contribution in [3.05, 3.63) is 72.3 Å². The predicted molar refractivity (Wildman–Crippen MR) is 120 cm³/mol. The third-order valence-electron chi connectivity index (χ3n) is 5.56. The zero-order valence-corrected chi connectivity index (χ0v) is 17.9. The van der Waals surface area contributed by atoms with Crippen molar-refractivity contribution in [2.45, 2.75) is 43.5 Å². The van der Waals surface area contributed by atoms with E-state index in [0.29, 0.717) is 30.0 Å². The van der Waals surface area contributed by atoms with Gasteiger partial charge < -0.3 is 5.32 Å². The van der Waals surface area contributed by atoms with Crippen molar-refractivity contribution in [1.29, 1.82) is 0 Å². The van der Waals surface area contributed by atoms with Crippen molar-refractivity contribution in [2.75, 3.05) is 10.8 Å². The number of anilines is 1. The normalized spacial score (nSPS) is 15.3. The van der Waals surface area contributed by atoms with Crippen molar-refractivity contribution in [1.82, 2.24) is 5.32 Å². The van der Waals surface area contributed by atoms with Gasteiger partial charge in [0, 0.05) is 24.4 Å². The lowest BCUT2D eigenvalue weighted by Gasteiger charge is -2.19. The highest BCUT2D eigenvalue weighted by atomic mass is 32.2. The Labute approximate surface area is 177 Å².